The molecule has 3 aromatic rings. The second-order valence-electron chi connectivity index (χ2n) is 6.24. The molecule has 31 heavy (non-hydrogen) atoms. The number of hydrogen-bond acceptors (Lipinski definition) is 6. The number of methoxy groups -OCH3 is 2. The summed E-state index contributed by atoms with van der Waals surface area (Å²) in [5.41, 5.74) is 4.03. The number of esters is 1. The van der Waals surface area contributed by atoms with Gasteiger partial charge < -0.3 is 14.2 Å². The lowest BCUT2D eigenvalue weighted by Gasteiger charge is -2.10. The Kier molecular flexibility index (Phi) is 7.60. The molecule has 1 amide bonds. The molecule has 158 valence electrons. The molecule has 0 bridgehead atoms. The van der Waals surface area contributed by atoms with Gasteiger partial charge in [0, 0.05) is 9.13 Å². The molecule has 3 aromatic carbocycles. The average Bonchev–Trinajstić information content (AvgIpc) is 2.79. The summed E-state index contributed by atoms with van der Waals surface area (Å²) in [5, 5.41) is 3.98. The second-order valence-corrected chi connectivity index (χ2v) is 7.48. The number of rotatable bonds is 7. The third-order valence-corrected chi connectivity index (χ3v) is 4.85. The second kappa shape index (κ2) is 10.6. The zero-order valence-corrected chi connectivity index (χ0v) is 19.0. The molecular formula is C23H19IN2O5. The summed E-state index contributed by atoms with van der Waals surface area (Å²) in [5.74, 6) is 0.434. The van der Waals surface area contributed by atoms with Gasteiger partial charge in [-0.15, -0.1) is 0 Å². The molecule has 0 aromatic heterocycles. The number of hydrazone groups is 1. The molecule has 0 aliphatic rings. The molecule has 0 aliphatic heterocycles. The minimum atomic E-state index is -0.521. The summed E-state index contributed by atoms with van der Waals surface area (Å²) in [6.45, 7) is 0. The Morgan fingerprint density at radius 1 is 0.903 bits per heavy atom. The fraction of sp³-hybridized carbons (Fsp3) is 0.0870. The van der Waals surface area contributed by atoms with E-state index in [1.54, 1.807) is 67.8 Å². The van der Waals surface area contributed by atoms with Crippen LogP contribution in [0.2, 0.25) is 0 Å². The largest absolute Gasteiger partial charge is 0.497 e. The Hall–Kier alpha value is -3.40. The van der Waals surface area contributed by atoms with Gasteiger partial charge in [-0.1, -0.05) is 6.07 Å². The first-order chi connectivity index (χ1) is 15.0. The number of benzene rings is 3. The van der Waals surface area contributed by atoms with Crippen molar-refractivity contribution in [3.63, 3.8) is 0 Å². The van der Waals surface area contributed by atoms with E-state index in [0.29, 0.717) is 28.2 Å². The molecule has 0 saturated heterocycles. The zero-order valence-electron chi connectivity index (χ0n) is 16.8. The number of amides is 1. The van der Waals surface area contributed by atoms with Crippen LogP contribution in [0.4, 0.5) is 0 Å². The van der Waals surface area contributed by atoms with Gasteiger partial charge in [-0.2, -0.15) is 5.10 Å². The Morgan fingerprint density at radius 3 is 2.35 bits per heavy atom. The molecule has 1 N–H and O–H groups in total. The number of ether oxygens (including phenoxy) is 3. The molecule has 0 saturated carbocycles. The van der Waals surface area contributed by atoms with Gasteiger partial charge in [0.1, 0.15) is 5.75 Å². The Bertz CT molecular complexity index is 1110. The topological polar surface area (TPSA) is 86.2 Å². The van der Waals surface area contributed by atoms with E-state index < -0.39 is 5.97 Å². The summed E-state index contributed by atoms with van der Waals surface area (Å²) < 4.78 is 16.8. The first-order valence-electron chi connectivity index (χ1n) is 9.13. The molecule has 3 rings (SSSR count). The van der Waals surface area contributed by atoms with Crippen LogP contribution in [0.3, 0.4) is 0 Å². The molecule has 0 aliphatic carbocycles. The van der Waals surface area contributed by atoms with Gasteiger partial charge in [-0.05, 0) is 88.8 Å². The molecule has 0 fully saturated rings. The van der Waals surface area contributed by atoms with Crippen LogP contribution in [0.15, 0.2) is 71.8 Å². The molecular weight excluding hydrogens is 511 g/mol. The van der Waals surface area contributed by atoms with Gasteiger partial charge in [0.05, 0.1) is 26.0 Å². The number of nitrogens with zero attached hydrogens (tertiary/aromatic N) is 1. The van der Waals surface area contributed by atoms with Crippen LogP contribution in [0, 0.1) is 3.57 Å². The van der Waals surface area contributed by atoms with Crippen molar-refractivity contribution in [2.24, 2.45) is 5.10 Å². The van der Waals surface area contributed by atoms with Crippen molar-refractivity contribution < 1.29 is 23.8 Å². The standard InChI is InChI=1S/C23H19IN2O5/c1-29-19-9-7-16(8-10-19)23(28)31-20-11-6-15(12-21(20)30-2)14-25-26-22(27)17-4-3-5-18(24)13-17/h3-14H,1-2H3,(H,26,27)/b25-14-. The number of hydrogen-bond donors (Lipinski definition) is 1. The predicted molar refractivity (Wildman–Crippen MR) is 125 cm³/mol. The maximum absolute atomic E-state index is 12.4. The predicted octanol–water partition coefficient (Wildman–Crippen LogP) is 4.29. The van der Waals surface area contributed by atoms with Crippen LogP contribution in [0.1, 0.15) is 26.3 Å². The molecule has 0 unspecified atom stereocenters. The van der Waals surface area contributed by atoms with Crippen molar-refractivity contribution in [3.8, 4) is 17.2 Å². The highest BCUT2D eigenvalue weighted by molar-refractivity contribution is 14.1. The highest BCUT2D eigenvalue weighted by atomic mass is 127. The minimum Gasteiger partial charge on any atom is -0.497 e. The average molecular weight is 530 g/mol. The Labute approximate surface area is 193 Å². The van der Waals surface area contributed by atoms with E-state index in [0.717, 1.165) is 3.57 Å². The number of carbonyl (C=O) groups is 2. The number of halogens is 1. The van der Waals surface area contributed by atoms with Crippen LogP contribution < -0.4 is 19.6 Å². The first-order valence-corrected chi connectivity index (χ1v) is 10.2. The molecule has 0 atom stereocenters. The summed E-state index contributed by atoms with van der Waals surface area (Å²) >= 11 is 2.14. The van der Waals surface area contributed by atoms with Crippen LogP contribution in [-0.2, 0) is 0 Å². The summed E-state index contributed by atoms with van der Waals surface area (Å²) in [6, 6.07) is 18.7. The Morgan fingerprint density at radius 2 is 1.68 bits per heavy atom. The van der Waals surface area contributed by atoms with Crippen molar-refractivity contribution in [1.82, 2.24) is 5.43 Å². The van der Waals surface area contributed by atoms with E-state index in [2.05, 4.69) is 33.1 Å². The molecule has 0 spiro atoms. The highest BCUT2D eigenvalue weighted by Gasteiger charge is 2.13. The van der Waals surface area contributed by atoms with Gasteiger partial charge >= 0.3 is 5.97 Å². The van der Waals surface area contributed by atoms with E-state index >= 15 is 0 Å². The maximum Gasteiger partial charge on any atom is 0.343 e. The van der Waals surface area contributed by atoms with Gasteiger partial charge in [0.2, 0.25) is 0 Å². The lowest BCUT2D eigenvalue weighted by atomic mass is 10.2. The lowest BCUT2D eigenvalue weighted by Crippen LogP contribution is -2.17. The van der Waals surface area contributed by atoms with E-state index in [-0.39, 0.29) is 11.7 Å². The quantitative estimate of drug-likeness (QED) is 0.162. The number of nitrogens with one attached hydrogen (secondary N) is 1. The minimum absolute atomic E-state index is 0.267. The molecule has 7 nitrogen and oxygen atoms in total. The van der Waals surface area contributed by atoms with Gasteiger partial charge in [-0.25, -0.2) is 10.2 Å². The van der Waals surface area contributed by atoms with Gasteiger partial charge in [0.25, 0.3) is 5.91 Å². The van der Waals surface area contributed by atoms with Crippen molar-refractivity contribution in [3.05, 3.63) is 87.0 Å². The molecule has 0 radical (unpaired) electrons. The molecule has 0 heterocycles. The van der Waals surface area contributed by atoms with Crippen LogP contribution in [0.5, 0.6) is 17.2 Å². The van der Waals surface area contributed by atoms with Crippen LogP contribution >= 0.6 is 22.6 Å². The molecule has 8 heteroatoms. The monoisotopic (exact) mass is 530 g/mol. The summed E-state index contributed by atoms with van der Waals surface area (Å²) in [7, 11) is 3.02. The maximum atomic E-state index is 12.4. The van der Waals surface area contributed by atoms with E-state index in [1.807, 2.05) is 6.07 Å². The fourth-order valence-electron chi connectivity index (χ4n) is 2.59. The van der Waals surface area contributed by atoms with E-state index in [4.69, 9.17) is 14.2 Å². The van der Waals surface area contributed by atoms with Crippen LogP contribution in [-0.4, -0.2) is 32.3 Å². The highest BCUT2D eigenvalue weighted by Crippen LogP contribution is 2.28. The third-order valence-electron chi connectivity index (χ3n) is 4.18. The Balaban J connectivity index is 1.66. The van der Waals surface area contributed by atoms with Crippen LogP contribution in [0.25, 0.3) is 0 Å². The van der Waals surface area contributed by atoms with Gasteiger partial charge in [-0.3, -0.25) is 4.79 Å². The zero-order chi connectivity index (χ0) is 22.2. The summed E-state index contributed by atoms with van der Waals surface area (Å²) in [4.78, 5) is 24.5. The smallest absolute Gasteiger partial charge is 0.343 e. The van der Waals surface area contributed by atoms with Crippen molar-refractivity contribution >= 4 is 40.7 Å². The van der Waals surface area contributed by atoms with E-state index in [1.165, 1.54) is 13.3 Å². The fourth-order valence-corrected chi connectivity index (χ4v) is 3.14. The van der Waals surface area contributed by atoms with Crippen molar-refractivity contribution in [2.75, 3.05) is 14.2 Å². The third kappa shape index (κ3) is 6.05. The lowest BCUT2D eigenvalue weighted by molar-refractivity contribution is 0.0729. The first kappa shape index (κ1) is 22.3. The van der Waals surface area contributed by atoms with Gasteiger partial charge in [0.15, 0.2) is 11.5 Å². The normalized spacial score (nSPS) is 10.5. The van der Waals surface area contributed by atoms with Crippen molar-refractivity contribution in [2.45, 2.75) is 0 Å². The summed E-state index contributed by atoms with van der Waals surface area (Å²) in [6.07, 6.45) is 1.48. The number of carbonyl (C=O) groups excluding carboxylic acids is 2. The van der Waals surface area contributed by atoms with E-state index in [9.17, 15) is 9.59 Å². The SMILES string of the molecule is COc1ccc(C(=O)Oc2ccc(/C=N\NC(=O)c3cccc(I)c3)cc2OC)cc1. The van der Waals surface area contributed by atoms with Crippen molar-refractivity contribution in [1.29, 1.82) is 0 Å².